The van der Waals surface area contributed by atoms with Gasteiger partial charge in [0.15, 0.2) is 12.1 Å². The summed E-state index contributed by atoms with van der Waals surface area (Å²) in [5.74, 6) is -4.58. The summed E-state index contributed by atoms with van der Waals surface area (Å²) < 4.78 is 33.7. The summed E-state index contributed by atoms with van der Waals surface area (Å²) in [5, 5.41) is 36.6. The van der Waals surface area contributed by atoms with Crippen molar-refractivity contribution < 1.29 is 53.1 Å². The SMILES string of the molecule is CC[C@@H]1OC(=O)[C@H](C)C(=O)[C@H](C)[C@@H](O[C@@H]2O[C@H](C)C[C@H](N(C)C)[C@H]2O)[C@@]2(C)C[C@@H](C)C(=NC(C)=O)C[C@H](OC/C(=N/OCn3nnc4ccccc43)CO2)[C@]1(C)O. The Hall–Kier alpha value is -3.71. The first-order valence-electron chi connectivity index (χ1n) is 19.8. The number of benzene rings is 1. The molecule has 1 aromatic heterocycles. The van der Waals surface area contributed by atoms with E-state index >= 15 is 0 Å². The first-order chi connectivity index (χ1) is 26.9. The zero-order valence-electron chi connectivity index (χ0n) is 34.8. The second kappa shape index (κ2) is 18.5. The summed E-state index contributed by atoms with van der Waals surface area (Å²) in [6, 6.07) is 7.08. The molecule has 0 spiro atoms. The van der Waals surface area contributed by atoms with E-state index in [1.54, 1.807) is 25.5 Å². The number of hydrogen-bond donors (Lipinski definition) is 2. The maximum absolute atomic E-state index is 14.4. The Labute approximate surface area is 334 Å². The maximum atomic E-state index is 14.4. The van der Waals surface area contributed by atoms with Crippen LogP contribution in [0, 0.1) is 17.8 Å². The molecule has 1 aromatic carbocycles. The Balaban J connectivity index is 1.64. The molecule has 3 aliphatic rings. The van der Waals surface area contributed by atoms with Gasteiger partial charge in [-0.3, -0.25) is 14.4 Å². The third-order valence-corrected chi connectivity index (χ3v) is 11.6. The molecule has 2 N–H and O–H groups in total. The number of oxime groups is 1. The minimum absolute atomic E-state index is 0.0288. The van der Waals surface area contributed by atoms with E-state index in [0.29, 0.717) is 17.6 Å². The zero-order valence-corrected chi connectivity index (χ0v) is 34.8. The van der Waals surface area contributed by atoms with Crippen LogP contribution in [0.3, 0.4) is 0 Å². The number of cyclic esters (lactones) is 1. The van der Waals surface area contributed by atoms with Gasteiger partial charge in [-0.05, 0) is 79.1 Å². The van der Waals surface area contributed by atoms with Crippen molar-refractivity contribution in [3.05, 3.63) is 24.3 Å². The summed E-state index contributed by atoms with van der Waals surface area (Å²) in [6.45, 7) is 12.7. The van der Waals surface area contributed by atoms with Crippen molar-refractivity contribution in [3.8, 4) is 0 Å². The number of aliphatic imine (C=N–C) groups is 1. The molecule has 57 heavy (non-hydrogen) atoms. The number of esters is 1. The molecule has 12 atom stereocenters. The topological polar surface area (TPSA) is 206 Å². The van der Waals surface area contributed by atoms with Crippen molar-refractivity contribution in [1.82, 2.24) is 19.9 Å². The highest BCUT2D eigenvalue weighted by Crippen LogP contribution is 2.39. The van der Waals surface area contributed by atoms with Gasteiger partial charge in [-0.25, -0.2) is 9.67 Å². The molecule has 0 aliphatic carbocycles. The number of ketones is 1. The van der Waals surface area contributed by atoms with Gasteiger partial charge in [-0.2, -0.15) is 0 Å². The Morgan fingerprint density at radius 3 is 2.53 bits per heavy atom. The Morgan fingerprint density at radius 1 is 1.12 bits per heavy atom. The molecule has 0 saturated carbocycles. The number of fused-ring (bicyclic) bond motifs is 6. The van der Waals surface area contributed by atoms with Crippen molar-refractivity contribution >= 4 is 40.1 Å². The van der Waals surface area contributed by atoms with Crippen LogP contribution in [0.1, 0.15) is 81.1 Å². The molecule has 0 unspecified atom stereocenters. The average molecular weight is 801 g/mol. The second-order valence-electron chi connectivity index (χ2n) is 16.4. The number of para-hydroxylation sites is 1. The molecular weight excluding hydrogens is 740 g/mol. The third-order valence-electron chi connectivity index (χ3n) is 11.6. The number of aromatic nitrogens is 3. The second-order valence-corrected chi connectivity index (χ2v) is 16.4. The lowest BCUT2D eigenvalue weighted by molar-refractivity contribution is -0.296. The predicted octanol–water partition coefficient (Wildman–Crippen LogP) is 3.08. The number of nitrogens with zero attached hydrogens (tertiary/aromatic N) is 6. The minimum Gasteiger partial charge on any atom is -0.459 e. The van der Waals surface area contributed by atoms with Crippen LogP contribution in [0.25, 0.3) is 11.0 Å². The number of carbonyl (C=O) groups is 3. The first-order valence-corrected chi connectivity index (χ1v) is 19.8. The molecule has 3 aliphatic heterocycles. The normalized spacial score (nSPS) is 37.8. The number of likely N-dealkylation sites (N-methyl/N-ethyl adjacent to an activating group) is 1. The fourth-order valence-corrected chi connectivity index (χ4v) is 8.21. The van der Waals surface area contributed by atoms with E-state index in [4.69, 9.17) is 28.5 Å². The van der Waals surface area contributed by atoms with Crippen LogP contribution in [0.5, 0.6) is 0 Å². The maximum Gasteiger partial charge on any atom is 0.316 e. The molecule has 5 rings (SSSR count). The van der Waals surface area contributed by atoms with Gasteiger partial charge in [0.1, 0.15) is 35.0 Å². The Morgan fingerprint density at radius 2 is 1.84 bits per heavy atom. The standard InChI is InChI=1S/C40H60N6O11/c1-11-32-40(8,51)33-17-29(41-26(6)47)22(2)18-39(7,53-20-27(19-52-33)43-54-21-46-30-15-13-12-14-28(30)42-44-46)36(24(4)34(48)25(5)37(50)56-32)57-38-35(49)31(45(9)10)16-23(3)55-38/h12-15,22-25,31-33,35-36,38,49,51H,11,16-21H2,1-10H3/b41-29?,43-27-/t22-,23-,24+,25-,31+,32+,33+,35-,36-,38+,39-,40-/m1/s1. The van der Waals surface area contributed by atoms with Crippen LogP contribution in [0.15, 0.2) is 34.4 Å². The van der Waals surface area contributed by atoms with Gasteiger partial charge in [0.05, 0.1) is 42.6 Å². The van der Waals surface area contributed by atoms with Crippen molar-refractivity contribution in [2.24, 2.45) is 27.9 Å². The van der Waals surface area contributed by atoms with Gasteiger partial charge in [0, 0.05) is 31.0 Å². The average Bonchev–Trinajstić information content (AvgIpc) is 3.56. The van der Waals surface area contributed by atoms with Crippen LogP contribution in [-0.2, 0) is 49.6 Å². The van der Waals surface area contributed by atoms with Gasteiger partial charge in [-0.1, -0.05) is 43.3 Å². The molecule has 2 aromatic rings. The summed E-state index contributed by atoms with van der Waals surface area (Å²) >= 11 is 0. The van der Waals surface area contributed by atoms with Gasteiger partial charge in [0.25, 0.3) is 0 Å². The summed E-state index contributed by atoms with van der Waals surface area (Å²) in [4.78, 5) is 53.0. The van der Waals surface area contributed by atoms with Crippen molar-refractivity contribution in [3.63, 3.8) is 0 Å². The number of Topliss-reactive ketones (excluding diaryl/α,β-unsaturated/α-hetero) is 1. The van der Waals surface area contributed by atoms with E-state index in [-0.39, 0.29) is 57.1 Å². The molecule has 316 valence electrons. The molecule has 3 fully saturated rings. The fraction of sp³-hybridized carbons (Fsp3) is 0.725. The lowest BCUT2D eigenvalue weighted by Gasteiger charge is -2.47. The van der Waals surface area contributed by atoms with Crippen molar-refractivity contribution in [1.29, 1.82) is 0 Å². The largest absolute Gasteiger partial charge is 0.459 e. The number of carbonyl (C=O) groups excluding carboxylic acids is 3. The van der Waals surface area contributed by atoms with E-state index in [1.165, 1.54) is 20.8 Å². The van der Waals surface area contributed by atoms with Gasteiger partial charge >= 0.3 is 5.97 Å². The number of aliphatic hydroxyl groups excluding tert-OH is 1. The molecule has 17 nitrogen and oxygen atoms in total. The molecule has 17 heteroatoms. The van der Waals surface area contributed by atoms with Crippen molar-refractivity contribution in [2.75, 3.05) is 27.3 Å². The van der Waals surface area contributed by atoms with E-state index in [0.717, 1.165) is 5.52 Å². The van der Waals surface area contributed by atoms with E-state index < -0.39 is 77.3 Å². The van der Waals surface area contributed by atoms with Crippen LogP contribution < -0.4 is 0 Å². The number of aliphatic hydroxyl groups is 2. The third kappa shape index (κ3) is 10.1. The molecule has 3 saturated heterocycles. The molecule has 0 radical (unpaired) electrons. The summed E-state index contributed by atoms with van der Waals surface area (Å²) in [5.41, 5.74) is -1.14. The van der Waals surface area contributed by atoms with E-state index in [1.807, 2.05) is 57.1 Å². The monoisotopic (exact) mass is 800 g/mol. The lowest BCUT2D eigenvalue weighted by atomic mass is 9.76. The van der Waals surface area contributed by atoms with E-state index in [2.05, 4.69) is 20.5 Å². The summed E-state index contributed by atoms with van der Waals surface area (Å²) in [6.07, 6.45) is -5.10. The predicted molar refractivity (Wildman–Crippen MR) is 208 cm³/mol. The Kier molecular flexibility index (Phi) is 14.4. The highest BCUT2D eigenvalue weighted by molar-refractivity contribution is 6.00. The summed E-state index contributed by atoms with van der Waals surface area (Å²) in [7, 11) is 3.72. The van der Waals surface area contributed by atoms with Crippen molar-refractivity contribution in [2.45, 2.75) is 142 Å². The Bertz CT molecular complexity index is 1800. The fourth-order valence-electron chi connectivity index (χ4n) is 8.21. The van der Waals surface area contributed by atoms with Crippen LogP contribution >= 0.6 is 0 Å². The molecule has 2 bridgehead atoms. The number of amides is 1. The van der Waals surface area contributed by atoms with Crippen LogP contribution in [0.4, 0.5) is 0 Å². The minimum atomic E-state index is -1.83. The molecule has 1 amide bonds. The first kappa shape index (κ1) is 44.4. The molecule has 4 heterocycles. The number of hydrogen-bond acceptors (Lipinski definition) is 15. The van der Waals surface area contributed by atoms with Crippen LogP contribution in [-0.4, -0.2) is 141 Å². The van der Waals surface area contributed by atoms with Crippen LogP contribution in [0.2, 0.25) is 0 Å². The lowest BCUT2D eigenvalue weighted by Crippen LogP contribution is -2.59. The number of ether oxygens (including phenoxy) is 5. The molecular formula is C40H60N6O11. The van der Waals surface area contributed by atoms with Gasteiger partial charge < -0.3 is 43.6 Å². The quantitative estimate of drug-likeness (QED) is 0.235. The van der Waals surface area contributed by atoms with Gasteiger partial charge in [0.2, 0.25) is 12.6 Å². The zero-order chi connectivity index (χ0) is 41.8. The van der Waals surface area contributed by atoms with E-state index in [9.17, 15) is 24.6 Å². The highest BCUT2D eigenvalue weighted by Gasteiger charge is 2.51. The number of rotatable bonds is 7. The van der Waals surface area contributed by atoms with Gasteiger partial charge in [-0.15, -0.1) is 5.10 Å². The smallest absolute Gasteiger partial charge is 0.316 e. The highest BCUT2D eigenvalue weighted by atomic mass is 16.7.